The predicted molar refractivity (Wildman–Crippen MR) is 79.4 cm³/mol. The topological polar surface area (TPSA) is 24.5 Å². The minimum Gasteiger partial charge on any atom is -0.380 e. The molecule has 0 aliphatic carbocycles. The van der Waals surface area contributed by atoms with Crippen LogP contribution in [-0.4, -0.2) is 44.3 Å². The average molecular weight is 262 g/mol. The third-order valence-electron chi connectivity index (χ3n) is 3.60. The molecule has 1 heterocycles. The van der Waals surface area contributed by atoms with Crippen molar-refractivity contribution in [1.82, 2.24) is 10.2 Å². The van der Waals surface area contributed by atoms with E-state index in [9.17, 15) is 0 Å². The maximum Gasteiger partial charge on any atom is 0.0593 e. The van der Waals surface area contributed by atoms with Crippen LogP contribution in [0, 0.1) is 0 Å². The Hall–Kier alpha value is -0.900. The molecule has 1 unspecified atom stereocenters. The molecule has 1 fully saturated rings. The lowest BCUT2D eigenvalue weighted by molar-refractivity contribution is 0.139. The van der Waals surface area contributed by atoms with Gasteiger partial charge in [0.2, 0.25) is 0 Å². The number of hydrogen-bond donors (Lipinski definition) is 1. The summed E-state index contributed by atoms with van der Waals surface area (Å²) in [6, 6.07) is 11.2. The molecule has 19 heavy (non-hydrogen) atoms. The molecule has 3 heteroatoms. The van der Waals surface area contributed by atoms with Gasteiger partial charge < -0.3 is 10.1 Å². The second-order valence-corrected chi connectivity index (χ2v) is 5.18. The predicted octanol–water partition coefficient (Wildman–Crippen LogP) is 2.45. The lowest BCUT2D eigenvalue weighted by Crippen LogP contribution is -2.37. The molecule has 1 saturated heterocycles. The summed E-state index contributed by atoms with van der Waals surface area (Å²) in [4.78, 5) is 2.52. The second-order valence-electron chi connectivity index (χ2n) is 5.18. The largest absolute Gasteiger partial charge is 0.380 e. The highest BCUT2D eigenvalue weighted by atomic mass is 16.5. The van der Waals surface area contributed by atoms with Crippen LogP contribution in [0.15, 0.2) is 30.3 Å². The third-order valence-corrected chi connectivity index (χ3v) is 3.60. The summed E-state index contributed by atoms with van der Waals surface area (Å²) < 4.78 is 5.53. The molecule has 1 aromatic carbocycles. The molecule has 106 valence electrons. The molecule has 0 radical (unpaired) electrons. The summed E-state index contributed by atoms with van der Waals surface area (Å²) >= 11 is 0. The zero-order chi connectivity index (χ0) is 13.3. The quantitative estimate of drug-likeness (QED) is 0.852. The summed E-state index contributed by atoms with van der Waals surface area (Å²) in [6.07, 6.45) is 2.32. The van der Waals surface area contributed by atoms with E-state index < -0.39 is 0 Å². The van der Waals surface area contributed by atoms with E-state index in [1.807, 2.05) is 0 Å². The van der Waals surface area contributed by atoms with E-state index in [0.29, 0.717) is 6.04 Å². The van der Waals surface area contributed by atoms with E-state index >= 15 is 0 Å². The van der Waals surface area contributed by atoms with Crippen LogP contribution in [0.1, 0.15) is 31.4 Å². The van der Waals surface area contributed by atoms with Crippen LogP contribution in [0.4, 0.5) is 0 Å². The fraction of sp³-hybridized carbons (Fsp3) is 0.625. The highest BCUT2D eigenvalue weighted by Gasteiger charge is 2.16. The normalized spacial score (nSPS) is 19.0. The van der Waals surface area contributed by atoms with E-state index in [1.54, 1.807) is 0 Å². The highest BCUT2D eigenvalue weighted by molar-refractivity contribution is 5.19. The number of rotatable bonds is 6. The first kappa shape index (κ1) is 14.5. The molecule has 0 amide bonds. The van der Waals surface area contributed by atoms with Gasteiger partial charge in [-0.2, -0.15) is 0 Å². The van der Waals surface area contributed by atoms with Gasteiger partial charge in [0.1, 0.15) is 0 Å². The molecule has 3 nitrogen and oxygen atoms in total. The van der Waals surface area contributed by atoms with Gasteiger partial charge in [-0.15, -0.1) is 0 Å². The first-order chi connectivity index (χ1) is 9.40. The molecule has 0 saturated carbocycles. The Morgan fingerprint density at radius 1 is 1.21 bits per heavy atom. The Labute approximate surface area is 116 Å². The number of ether oxygens (including phenoxy) is 1. The lowest BCUT2D eigenvalue weighted by Gasteiger charge is -2.27. The van der Waals surface area contributed by atoms with Gasteiger partial charge in [0, 0.05) is 32.3 Å². The molecule has 1 aromatic rings. The second kappa shape index (κ2) is 8.31. The minimum absolute atomic E-state index is 0.430. The van der Waals surface area contributed by atoms with E-state index in [0.717, 1.165) is 45.8 Å². The number of benzene rings is 1. The molecule has 0 aromatic heterocycles. The summed E-state index contributed by atoms with van der Waals surface area (Å²) in [5.74, 6) is 0. The SMILES string of the molecule is CCCNC(CN1CCCOCC1)c1ccccc1. The first-order valence-corrected chi connectivity index (χ1v) is 7.48. The van der Waals surface area contributed by atoms with Crippen molar-refractivity contribution in [3.05, 3.63) is 35.9 Å². The number of nitrogens with one attached hydrogen (secondary N) is 1. The van der Waals surface area contributed by atoms with Crippen LogP contribution in [0.5, 0.6) is 0 Å². The zero-order valence-electron chi connectivity index (χ0n) is 12.0. The molecular weight excluding hydrogens is 236 g/mol. The van der Waals surface area contributed by atoms with Crippen molar-refractivity contribution < 1.29 is 4.74 Å². The number of nitrogens with zero attached hydrogens (tertiary/aromatic N) is 1. The third kappa shape index (κ3) is 4.94. The zero-order valence-corrected chi connectivity index (χ0v) is 12.0. The van der Waals surface area contributed by atoms with Crippen LogP contribution < -0.4 is 5.32 Å². The van der Waals surface area contributed by atoms with Crippen molar-refractivity contribution in [1.29, 1.82) is 0 Å². The highest BCUT2D eigenvalue weighted by Crippen LogP contribution is 2.15. The van der Waals surface area contributed by atoms with E-state index in [-0.39, 0.29) is 0 Å². The Bertz CT molecular complexity index is 334. The van der Waals surface area contributed by atoms with Crippen molar-refractivity contribution in [3.63, 3.8) is 0 Å². The Morgan fingerprint density at radius 2 is 2.05 bits per heavy atom. The van der Waals surface area contributed by atoms with Crippen LogP contribution in [0.2, 0.25) is 0 Å². The van der Waals surface area contributed by atoms with Crippen molar-refractivity contribution in [3.8, 4) is 0 Å². The van der Waals surface area contributed by atoms with Crippen LogP contribution in [0.25, 0.3) is 0 Å². The maximum atomic E-state index is 5.53. The van der Waals surface area contributed by atoms with Crippen molar-refractivity contribution >= 4 is 0 Å². The summed E-state index contributed by atoms with van der Waals surface area (Å²) in [5.41, 5.74) is 1.39. The van der Waals surface area contributed by atoms with Gasteiger partial charge in [-0.1, -0.05) is 37.3 Å². The maximum absolute atomic E-state index is 5.53. The van der Waals surface area contributed by atoms with Gasteiger partial charge in [-0.25, -0.2) is 0 Å². The summed E-state index contributed by atoms with van der Waals surface area (Å²) in [6.45, 7) is 8.35. The van der Waals surface area contributed by atoms with Crippen LogP contribution >= 0.6 is 0 Å². The Kier molecular flexibility index (Phi) is 6.34. The van der Waals surface area contributed by atoms with Crippen molar-refractivity contribution in [2.24, 2.45) is 0 Å². The van der Waals surface area contributed by atoms with E-state index in [1.165, 1.54) is 12.0 Å². The molecule has 1 atom stereocenters. The van der Waals surface area contributed by atoms with Gasteiger partial charge in [-0.05, 0) is 24.9 Å². The van der Waals surface area contributed by atoms with Gasteiger partial charge in [0.05, 0.1) is 6.61 Å². The Balaban J connectivity index is 1.96. The van der Waals surface area contributed by atoms with Crippen LogP contribution in [-0.2, 0) is 4.74 Å². The summed E-state index contributed by atoms with van der Waals surface area (Å²) in [5, 5.41) is 3.67. The first-order valence-electron chi connectivity index (χ1n) is 7.48. The molecule has 1 aliphatic rings. The molecule has 1 aliphatic heterocycles. The fourth-order valence-electron chi connectivity index (χ4n) is 2.53. The molecule has 1 N–H and O–H groups in total. The standard InChI is InChI=1S/C16H26N2O/c1-2-9-17-16(15-7-4-3-5-8-15)14-18-10-6-12-19-13-11-18/h3-5,7-8,16-17H,2,6,9-14H2,1H3. The molecular formula is C16H26N2O. The average Bonchev–Trinajstić information content (AvgIpc) is 2.73. The lowest BCUT2D eigenvalue weighted by atomic mass is 10.1. The number of hydrogen-bond acceptors (Lipinski definition) is 3. The summed E-state index contributed by atoms with van der Waals surface area (Å²) in [7, 11) is 0. The van der Waals surface area contributed by atoms with Gasteiger partial charge in [-0.3, -0.25) is 4.90 Å². The van der Waals surface area contributed by atoms with E-state index in [4.69, 9.17) is 4.74 Å². The van der Waals surface area contributed by atoms with Gasteiger partial charge in [0.15, 0.2) is 0 Å². The van der Waals surface area contributed by atoms with Crippen molar-refractivity contribution in [2.45, 2.75) is 25.8 Å². The van der Waals surface area contributed by atoms with Crippen molar-refractivity contribution in [2.75, 3.05) is 39.4 Å². The molecule has 0 bridgehead atoms. The van der Waals surface area contributed by atoms with Crippen LogP contribution in [0.3, 0.4) is 0 Å². The molecule has 0 spiro atoms. The van der Waals surface area contributed by atoms with Gasteiger partial charge >= 0.3 is 0 Å². The molecule has 2 rings (SSSR count). The smallest absolute Gasteiger partial charge is 0.0593 e. The van der Waals surface area contributed by atoms with Gasteiger partial charge in [0.25, 0.3) is 0 Å². The van der Waals surface area contributed by atoms with E-state index in [2.05, 4.69) is 47.5 Å². The fourth-order valence-corrected chi connectivity index (χ4v) is 2.53. The monoisotopic (exact) mass is 262 g/mol. The Morgan fingerprint density at radius 3 is 2.84 bits per heavy atom. The minimum atomic E-state index is 0.430.